The maximum Gasteiger partial charge on any atom is 0.250 e. The Morgan fingerprint density at radius 1 is 1.06 bits per heavy atom. The van der Waals surface area contributed by atoms with Crippen LogP contribution >= 0.6 is 0 Å². The molecule has 3 aliphatic rings. The largest absolute Gasteiger partial charge is 0.469 e. The smallest absolute Gasteiger partial charge is 0.250 e. The van der Waals surface area contributed by atoms with Crippen molar-refractivity contribution in [3.8, 4) is 0 Å². The van der Waals surface area contributed by atoms with Gasteiger partial charge >= 0.3 is 0 Å². The van der Waals surface area contributed by atoms with Gasteiger partial charge in [0.1, 0.15) is 5.76 Å². The minimum atomic E-state index is -0.0382. The lowest BCUT2D eigenvalue weighted by Gasteiger charge is -2.42. The summed E-state index contributed by atoms with van der Waals surface area (Å²) in [5, 5.41) is 3.17. The number of hydrogen-bond acceptors (Lipinski definition) is 4. The highest BCUT2D eigenvalue weighted by atomic mass is 16.3. The topological polar surface area (TPSA) is 84.5 Å². The van der Waals surface area contributed by atoms with Crippen molar-refractivity contribution in [1.29, 1.82) is 0 Å². The van der Waals surface area contributed by atoms with E-state index in [0.717, 1.165) is 43.6 Å². The van der Waals surface area contributed by atoms with Crippen molar-refractivity contribution in [2.75, 3.05) is 13.1 Å². The first-order valence-corrected chi connectivity index (χ1v) is 11.9. The molecule has 7 heteroatoms. The van der Waals surface area contributed by atoms with Crippen LogP contribution in [0.2, 0.25) is 0 Å². The first kappa shape index (κ1) is 21.0. The van der Waals surface area contributed by atoms with E-state index in [0.29, 0.717) is 31.5 Å². The Bertz CT molecular complexity index is 1030. The fourth-order valence-corrected chi connectivity index (χ4v) is 5.92. The molecule has 170 valence electrons. The minimum Gasteiger partial charge on any atom is -0.469 e. The van der Waals surface area contributed by atoms with Gasteiger partial charge in [-0.25, -0.2) is 0 Å². The van der Waals surface area contributed by atoms with E-state index in [2.05, 4.69) is 5.32 Å². The SMILES string of the molecule is O=C(CCC(=O)N1CC2CC(C1)c1cccc(=O)n1C2)NC1CCCC1Cc1ccco1. The number of hydrogen-bond donors (Lipinski definition) is 1. The summed E-state index contributed by atoms with van der Waals surface area (Å²) in [6.07, 6.45) is 7.20. The van der Waals surface area contributed by atoms with Crippen LogP contribution in [-0.2, 0) is 22.6 Å². The van der Waals surface area contributed by atoms with Gasteiger partial charge in [0.25, 0.3) is 5.56 Å². The Hall–Kier alpha value is -2.83. The molecular formula is C25H31N3O4. The standard InChI is InChI=1S/C25H31N3O4/c29-23(26-21-6-1-4-18(21)13-20-5-3-11-32-20)9-10-24(30)27-14-17-12-19(16-27)22-7-2-8-25(31)28(22)15-17/h2-3,5,7-8,11,17-19,21H,1,4,6,9-10,12-16H2,(H,26,29). The quantitative estimate of drug-likeness (QED) is 0.753. The second kappa shape index (κ2) is 8.96. The number of rotatable bonds is 6. The molecule has 0 aromatic carbocycles. The van der Waals surface area contributed by atoms with Crippen molar-refractivity contribution in [3.63, 3.8) is 0 Å². The Balaban J connectivity index is 1.13. The predicted octanol–water partition coefficient (Wildman–Crippen LogP) is 2.69. The third-order valence-electron chi connectivity index (χ3n) is 7.45. The van der Waals surface area contributed by atoms with Crippen LogP contribution in [0.5, 0.6) is 0 Å². The third kappa shape index (κ3) is 4.38. The highest BCUT2D eigenvalue weighted by molar-refractivity contribution is 5.84. The van der Waals surface area contributed by atoms with Gasteiger partial charge in [-0.05, 0) is 49.3 Å². The second-order valence-electron chi connectivity index (χ2n) is 9.65. The summed E-state index contributed by atoms with van der Waals surface area (Å²) in [5.41, 5.74) is 1.08. The van der Waals surface area contributed by atoms with Gasteiger partial charge in [0.05, 0.1) is 6.26 Å². The summed E-state index contributed by atoms with van der Waals surface area (Å²) >= 11 is 0. The lowest BCUT2D eigenvalue weighted by Crippen LogP contribution is -2.49. The molecule has 5 rings (SSSR count). The molecule has 2 fully saturated rings. The summed E-state index contributed by atoms with van der Waals surface area (Å²) in [7, 11) is 0. The van der Waals surface area contributed by atoms with Crippen LogP contribution in [0.1, 0.15) is 55.9 Å². The maximum absolute atomic E-state index is 12.9. The lowest BCUT2D eigenvalue weighted by atomic mass is 9.83. The first-order chi connectivity index (χ1) is 15.6. The van der Waals surface area contributed by atoms with E-state index in [9.17, 15) is 14.4 Å². The van der Waals surface area contributed by atoms with E-state index in [1.807, 2.05) is 33.7 Å². The van der Waals surface area contributed by atoms with Crippen LogP contribution in [0, 0.1) is 11.8 Å². The zero-order chi connectivity index (χ0) is 22.1. The van der Waals surface area contributed by atoms with Gasteiger partial charge in [0.2, 0.25) is 11.8 Å². The number of nitrogens with one attached hydrogen (secondary N) is 1. The van der Waals surface area contributed by atoms with Crippen LogP contribution < -0.4 is 10.9 Å². The Kier molecular flexibility index (Phi) is 5.89. The summed E-state index contributed by atoms with van der Waals surface area (Å²) in [6.45, 7) is 1.98. The highest BCUT2D eigenvalue weighted by Gasteiger charge is 2.36. The number of carbonyl (C=O) groups excluding carboxylic acids is 2. The second-order valence-corrected chi connectivity index (χ2v) is 9.65. The number of amides is 2. The summed E-state index contributed by atoms with van der Waals surface area (Å²) < 4.78 is 7.34. The zero-order valence-electron chi connectivity index (χ0n) is 18.4. The molecule has 7 nitrogen and oxygen atoms in total. The van der Waals surface area contributed by atoms with Crippen molar-refractivity contribution in [3.05, 3.63) is 58.4 Å². The number of nitrogens with zero attached hydrogens (tertiary/aromatic N) is 2. The number of fused-ring (bicyclic) bond motifs is 4. The van der Waals surface area contributed by atoms with Crippen molar-refractivity contribution in [1.82, 2.24) is 14.8 Å². The van der Waals surface area contributed by atoms with Crippen LogP contribution in [-0.4, -0.2) is 40.4 Å². The zero-order valence-corrected chi connectivity index (χ0v) is 18.4. The molecule has 2 aromatic heterocycles. The molecule has 0 spiro atoms. The fourth-order valence-electron chi connectivity index (χ4n) is 5.92. The molecule has 1 saturated carbocycles. The predicted molar refractivity (Wildman–Crippen MR) is 119 cm³/mol. The number of pyridine rings is 1. The molecule has 2 amide bonds. The number of carbonyl (C=O) groups is 2. The molecular weight excluding hydrogens is 406 g/mol. The van der Waals surface area contributed by atoms with Crippen molar-refractivity contribution >= 4 is 11.8 Å². The van der Waals surface area contributed by atoms with Gasteiger partial charge in [-0.15, -0.1) is 0 Å². The van der Waals surface area contributed by atoms with Gasteiger partial charge < -0.3 is 19.2 Å². The molecule has 4 unspecified atom stereocenters. The van der Waals surface area contributed by atoms with Crippen molar-refractivity contribution in [2.45, 2.75) is 63.5 Å². The Labute approximate surface area is 187 Å². The normalized spacial score (nSPS) is 26.6. The van der Waals surface area contributed by atoms with E-state index in [4.69, 9.17) is 4.42 Å². The van der Waals surface area contributed by atoms with E-state index in [1.165, 1.54) is 0 Å². The Morgan fingerprint density at radius 3 is 2.81 bits per heavy atom. The van der Waals surface area contributed by atoms with Gasteiger partial charge in [-0.1, -0.05) is 12.5 Å². The molecule has 2 bridgehead atoms. The monoisotopic (exact) mass is 437 g/mol. The van der Waals surface area contributed by atoms with Crippen LogP contribution in [0.3, 0.4) is 0 Å². The van der Waals surface area contributed by atoms with Crippen LogP contribution in [0.15, 0.2) is 45.8 Å². The minimum absolute atomic E-state index is 0.0382. The highest BCUT2D eigenvalue weighted by Crippen LogP contribution is 2.35. The first-order valence-electron chi connectivity index (χ1n) is 11.9. The molecule has 4 heterocycles. The summed E-state index contributed by atoms with van der Waals surface area (Å²) in [5.74, 6) is 1.87. The molecule has 2 aliphatic heterocycles. The molecule has 1 saturated heterocycles. The molecule has 32 heavy (non-hydrogen) atoms. The molecule has 1 aliphatic carbocycles. The van der Waals surface area contributed by atoms with Crippen LogP contribution in [0.4, 0.5) is 0 Å². The van der Waals surface area contributed by atoms with Crippen molar-refractivity contribution in [2.24, 2.45) is 11.8 Å². The summed E-state index contributed by atoms with van der Waals surface area (Å²) in [4.78, 5) is 39.6. The van der Waals surface area contributed by atoms with Gasteiger partial charge in [-0.3, -0.25) is 14.4 Å². The van der Waals surface area contributed by atoms with E-state index >= 15 is 0 Å². The molecule has 2 aromatic rings. The van der Waals surface area contributed by atoms with Gasteiger partial charge in [-0.2, -0.15) is 0 Å². The van der Waals surface area contributed by atoms with Crippen LogP contribution in [0.25, 0.3) is 0 Å². The fraction of sp³-hybridized carbons (Fsp3) is 0.560. The average molecular weight is 438 g/mol. The number of likely N-dealkylation sites (tertiary alicyclic amines) is 1. The van der Waals surface area contributed by atoms with Crippen molar-refractivity contribution < 1.29 is 14.0 Å². The number of piperidine rings is 1. The Morgan fingerprint density at radius 2 is 1.97 bits per heavy atom. The number of furan rings is 1. The lowest BCUT2D eigenvalue weighted by molar-refractivity contribution is -0.136. The van der Waals surface area contributed by atoms with Gasteiger partial charge in [0.15, 0.2) is 0 Å². The average Bonchev–Trinajstić information content (AvgIpc) is 3.45. The van der Waals surface area contributed by atoms with E-state index in [-0.39, 0.29) is 42.2 Å². The summed E-state index contributed by atoms with van der Waals surface area (Å²) in [6, 6.07) is 9.46. The third-order valence-corrected chi connectivity index (χ3v) is 7.45. The van der Waals surface area contributed by atoms with E-state index in [1.54, 1.807) is 12.3 Å². The maximum atomic E-state index is 12.9. The molecule has 1 N–H and O–H groups in total. The molecule has 0 radical (unpaired) electrons. The van der Waals surface area contributed by atoms with Gasteiger partial charge in [0, 0.05) is 62.6 Å². The van der Waals surface area contributed by atoms with E-state index < -0.39 is 0 Å². The molecule has 4 atom stereocenters. The number of aromatic nitrogens is 1.